The molecule has 1 atom stereocenters. The highest BCUT2D eigenvalue weighted by molar-refractivity contribution is 9.10. The molecule has 2 rings (SSSR count). The number of hydrogen-bond donors (Lipinski definition) is 0. The summed E-state index contributed by atoms with van der Waals surface area (Å²) in [6, 6.07) is 8.14. The van der Waals surface area contributed by atoms with Crippen molar-refractivity contribution in [1.82, 2.24) is 9.80 Å². The summed E-state index contributed by atoms with van der Waals surface area (Å²) in [7, 11) is 0. The SMILES string of the molecule is CC1CN(C(=O)OC(C)(C)C)CCN1CCOc1cccc(Br)c1. The molecule has 1 aromatic rings. The summed E-state index contributed by atoms with van der Waals surface area (Å²) in [6.45, 7) is 11.5. The summed E-state index contributed by atoms with van der Waals surface area (Å²) >= 11 is 3.44. The van der Waals surface area contributed by atoms with Crippen LogP contribution in [0.3, 0.4) is 0 Å². The quantitative estimate of drug-likeness (QED) is 0.773. The normalized spacial score (nSPS) is 19.2. The molecule has 5 nitrogen and oxygen atoms in total. The van der Waals surface area contributed by atoms with Gasteiger partial charge in [0.25, 0.3) is 0 Å². The minimum atomic E-state index is -0.449. The van der Waals surface area contributed by atoms with Gasteiger partial charge < -0.3 is 14.4 Å². The van der Waals surface area contributed by atoms with Gasteiger partial charge in [0.15, 0.2) is 0 Å². The fourth-order valence-corrected chi connectivity index (χ4v) is 3.04. The lowest BCUT2D eigenvalue weighted by Gasteiger charge is -2.40. The Morgan fingerprint density at radius 3 is 2.71 bits per heavy atom. The molecule has 134 valence electrons. The van der Waals surface area contributed by atoms with E-state index in [9.17, 15) is 4.79 Å². The smallest absolute Gasteiger partial charge is 0.410 e. The molecule has 24 heavy (non-hydrogen) atoms. The maximum absolute atomic E-state index is 12.2. The molecule has 1 saturated heterocycles. The Morgan fingerprint density at radius 2 is 2.08 bits per heavy atom. The molecule has 6 heteroatoms. The fraction of sp³-hybridized carbons (Fsp3) is 0.611. The number of benzene rings is 1. The molecular weight excluding hydrogens is 372 g/mol. The van der Waals surface area contributed by atoms with Crippen molar-refractivity contribution in [3.05, 3.63) is 28.7 Å². The van der Waals surface area contributed by atoms with Crippen LogP contribution < -0.4 is 4.74 Å². The van der Waals surface area contributed by atoms with E-state index in [0.717, 1.165) is 23.3 Å². The average molecular weight is 399 g/mol. The predicted molar refractivity (Wildman–Crippen MR) is 98.5 cm³/mol. The van der Waals surface area contributed by atoms with E-state index in [1.807, 2.05) is 45.0 Å². The van der Waals surface area contributed by atoms with E-state index in [1.165, 1.54) is 0 Å². The van der Waals surface area contributed by atoms with Crippen LogP contribution in [0.2, 0.25) is 0 Å². The van der Waals surface area contributed by atoms with Crippen molar-refractivity contribution >= 4 is 22.0 Å². The van der Waals surface area contributed by atoms with Gasteiger partial charge in [-0.05, 0) is 45.9 Å². The third-order valence-corrected chi connectivity index (χ3v) is 4.35. The first-order valence-electron chi connectivity index (χ1n) is 8.35. The largest absolute Gasteiger partial charge is 0.492 e. The Labute approximate surface area is 153 Å². The van der Waals surface area contributed by atoms with Gasteiger partial charge in [-0.15, -0.1) is 0 Å². The Bertz CT molecular complexity index is 559. The summed E-state index contributed by atoms with van der Waals surface area (Å²) in [5.74, 6) is 0.865. The number of nitrogens with zero attached hydrogens (tertiary/aromatic N) is 2. The summed E-state index contributed by atoms with van der Waals surface area (Å²) in [6.07, 6.45) is -0.223. The van der Waals surface area contributed by atoms with Crippen LogP contribution in [0, 0.1) is 0 Å². The van der Waals surface area contributed by atoms with Crippen LogP contribution in [0.1, 0.15) is 27.7 Å². The predicted octanol–water partition coefficient (Wildman–Crippen LogP) is 3.77. The maximum Gasteiger partial charge on any atom is 0.410 e. The molecule has 1 heterocycles. The highest BCUT2D eigenvalue weighted by Crippen LogP contribution is 2.18. The first-order valence-corrected chi connectivity index (χ1v) is 9.14. The zero-order valence-corrected chi connectivity index (χ0v) is 16.5. The van der Waals surface area contributed by atoms with Crippen LogP contribution >= 0.6 is 15.9 Å². The number of ether oxygens (including phenoxy) is 2. The van der Waals surface area contributed by atoms with Crippen molar-refractivity contribution < 1.29 is 14.3 Å². The number of carbonyl (C=O) groups is 1. The van der Waals surface area contributed by atoms with Crippen LogP contribution in [0.25, 0.3) is 0 Å². The molecule has 0 spiro atoms. The van der Waals surface area contributed by atoms with E-state index >= 15 is 0 Å². The van der Waals surface area contributed by atoms with E-state index in [-0.39, 0.29) is 12.1 Å². The molecular formula is C18H27BrN2O3. The minimum Gasteiger partial charge on any atom is -0.492 e. The molecule has 1 unspecified atom stereocenters. The number of rotatable bonds is 4. The van der Waals surface area contributed by atoms with Crippen molar-refractivity contribution in [3.63, 3.8) is 0 Å². The van der Waals surface area contributed by atoms with Crippen LogP contribution in [-0.2, 0) is 4.74 Å². The lowest BCUT2D eigenvalue weighted by Crippen LogP contribution is -2.55. The molecule has 0 bridgehead atoms. The van der Waals surface area contributed by atoms with Crippen LogP contribution in [0.5, 0.6) is 5.75 Å². The lowest BCUT2D eigenvalue weighted by atomic mass is 10.2. The van der Waals surface area contributed by atoms with Gasteiger partial charge in [-0.2, -0.15) is 0 Å². The van der Waals surface area contributed by atoms with Crippen molar-refractivity contribution in [2.45, 2.75) is 39.3 Å². The Hall–Kier alpha value is -1.27. The second-order valence-electron chi connectivity index (χ2n) is 7.12. The van der Waals surface area contributed by atoms with Gasteiger partial charge in [0.1, 0.15) is 18.0 Å². The summed E-state index contributed by atoms with van der Waals surface area (Å²) in [5, 5.41) is 0. The van der Waals surface area contributed by atoms with Crippen molar-refractivity contribution in [2.75, 3.05) is 32.8 Å². The number of amides is 1. The van der Waals surface area contributed by atoms with Gasteiger partial charge in [0.2, 0.25) is 0 Å². The zero-order valence-electron chi connectivity index (χ0n) is 14.9. The highest BCUT2D eigenvalue weighted by atomic mass is 79.9. The molecule has 1 aliphatic rings. The molecule has 1 fully saturated rings. The van der Waals surface area contributed by atoms with Gasteiger partial charge in [-0.1, -0.05) is 22.0 Å². The molecule has 0 N–H and O–H groups in total. The number of halogens is 1. The van der Waals surface area contributed by atoms with Crippen molar-refractivity contribution in [3.8, 4) is 5.75 Å². The zero-order chi connectivity index (χ0) is 17.7. The topological polar surface area (TPSA) is 42.0 Å². The molecule has 1 amide bonds. The lowest BCUT2D eigenvalue weighted by molar-refractivity contribution is 0.00430. The third kappa shape index (κ3) is 5.98. The number of carbonyl (C=O) groups excluding carboxylic acids is 1. The van der Waals surface area contributed by atoms with E-state index in [4.69, 9.17) is 9.47 Å². The Balaban J connectivity index is 1.76. The van der Waals surface area contributed by atoms with Gasteiger partial charge in [0.05, 0.1) is 0 Å². The molecule has 1 aromatic carbocycles. The van der Waals surface area contributed by atoms with E-state index in [2.05, 4.69) is 27.8 Å². The van der Waals surface area contributed by atoms with Crippen LogP contribution in [0.15, 0.2) is 28.7 Å². The van der Waals surface area contributed by atoms with Crippen molar-refractivity contribution in [2.24, 2.45) is 0 Å². The molecule has 1 aliphatic heterocycles. The van der Waals surface area contributed by atoms with E-state index in [1.54, 1.807) is 4.90 Å². The molecule has 0 aliphatic carbocycles. The third-order valence-electron chi connectivity index (χ3n) is 3.86. The second-order valence-corrected chi connectivity index (χ2v) is 8.03. The average Bonchev–Trinajstić information content (AvgIpc) is 2.47. The molecule has 0 saturated carbocycles. The van der Waals surface area contributed by atoms with Crippen LogP contribution in [0.4, 0.5) is 4.79 Å². The molecule has 0 radical (unpaired) electrons. The highest BCUT2D eigenvalue weighted by Gasteiger charge is 2.29. The van der Waals surface area contributed by atoms with Gasteiger partial charge in [-0.25, -0.2) is 4.79 Å². The van der Waals surface area contributed by atoms with Gasteiger partial charge >= 0.3 is 6.09 Å². The summed E-state index contributed by atoms with van der Waals surface area (Å²) in [4.78, 5) is 16.3. The summed E-state index contributed by atoms with van der Waals surface area (Å²) in [5.41, 5.74) is -0.449. The molecule has 0 aromatic heterocycles. The fourth-order valence-electron chi connectivity index (χ4n) is 2.66. The first kappa shape index (κ1) is 19.1. The van der Waals surface area contributed by atoms with E-state index in [0.29, 0.717) is 19.7 Å². The Kier molecular flexibility index (Phi) is 6.52. The number of hydrogen-bond acceptors (Lipinski definition) is 4. The monoisotopic (exact) mass is 398 g/mol. The van der Waals surface area contributed by atoms with Crippen LogP contribution in [-0.4, -0.2) is 60.3 Å². The van der Waals surface area contributed by atoms with Gasteiger partial charge in [-0.3, -0.25) is 4.90 Å². The second kappa shape index (κ2) is 8.21. The first-order chi connectivity index (χ1) is 11.2. The number of piperazine rings is 1. The summed E-state index contributed by atoms with van der Waals surface area (Å²) < 4.78 is 12.3. The maximum atomic E-state index is 12.2. The Morgan fingerprint density at radius 1 is 1.33 bits per heavy atom. The minimum absolute atomic E-state index is 0.223. The van der Waals surface area contributed by atoms with Crippen molar-refractivity contribution in [1.29, 1.82) is 0 Å². The standard InChI is InChI=1S/C18H27BrN2O3/c1-14-13-21(17(22)24-18(2,3)4)9-8-20(14)10-11-23-16-7-5-6-15(19)12-16/h5-7,12,14H,8-11,13H2,1-4H3. The van der Waals surface area contributed by atoms with Gasteiger partial charge in [0, 0.05) is 36.7 Å². The van der Waals surface area contributed by atoms with E-state index < -0.39 is 5.60 Å².